The largest absolute Gasteiger partial charge is 0.397 e. The van der Waals surface area contributed by atoms with Gasteiger partial charge in [-0.1, -0.05) is 5.16 Å². The van der Waals surface area contributed by atoms with E-state index in [-0.39, 0.29) is 5.91 Å². The monoisotopic (exact) mass is 289 g/mol. The number of nitrogens with zero attached hydrogens (tertiary/aromatic N) is 3. The summed E-state index contributed by atoms with van der Waals surface area (Å²) in [6, 6.07) is 1.80. The normalized spacial score (nSPS) is 10.8. The number of fused-ring (bicyclic) bond motifs is 1. The van der Waals surface area contributed by atoms with Crippen molar-refractivity contribution in [2.75, 3.05) is 12.3 Å². The molecule has 7 nitrogen and oxygen atoms in total. The highest BCUT2D eigenvalue weighted by atomic mass is 32.1. The lowest BCUT2D eigenvalue weighted by Gasteiger charge is -2.02. The maximum atomic E-state index is 12.1. The summed E-state index contributed by atoms with van der Waals surface area (Å²) in [4.78, 5) is 20.5. The van der Waals surface area contributed by atoms with E-state index in [9.17, 15) is 4.79 Å². The molecule has 3 aromatic rings. The minimum Gasteiger partial charge on any atom is -0.397 e. The molecule has 0 saturated carbocycles. The molecule has 0 aliphatic rings. The summed E-state index contributed by atoms with van der Waals surface area (Å²) >= 11 is 1.33. The Hall–Kier alpha value is -2.48. The van der Waals surface area contributed by atoms with E-state index >= 15 is 0 Å². The topological polar surface area (TPSA) is 107 Å². The second-order valence-corrected chi connectivity index (χ2v) is 5.12. The Balaban J connectivity index is 1.71. The quantitative estimate of drug-likeness (QED) is 0.748. The number of nitrogens with one attached hydrogen (secondary N) is 1. The van der Waals surface area contributed by atoms with Gasteiger partial charge in [0.25, 0.3) is 5.91 Å². The van der Waals surface area contributed by atoms with E-state index < -0.39 is 0 Å². The minimum absolute atomic E-state index is 0.202. The minimum atomic E-state index is -0.202. The van der Waals surface area contributed by atoms with Gasteiger partial charge in [0.15, 0.2) is 5.82 Å². The first kappa shape index (κ1) is 12.5. The molecule has 3 heterocycles. The molecule has 0 aromatic carbocycles. The molecule has 0 spiro atoms. The second kappa shape index (κ2) is 5.25. The van der Waals surface area contributed by atoms with Crippen molar-refractivity contribution in [3.63, 3.8) is 0 Å². The average molecular weight is 289 g/mol. The molecule has 0 radical (unpaired) electrons. The number of pyridine rings is 1. The number of thiophene rings is 1. The van der Waals surface area contributed by atoms with Crippen LogP contribution >= 0.6 is 11.3 Å². The molecule has 0 aliphatic heterocycles. The van der Waals surface area contributed by atoms with Crippen molar-refractivity contribution < 1.29 is 9.32 Å². The first-order valence-electron chi connectivity index (χ1n) is 5.91. The number of aromatic nitrogens is 3. The van der Waals surface area contributed by atoms with Gasteiger partial charge in [-0.15, -0.1) is 11.3 Å². The summed E-state index contributed by atoms with van der Waals surface area (Å²) in [5.74, 6) is 0.353. The third kappa shape index (κ3) is 2.32. The first-order valence-corrected chi connectivity index (χ1v) is 6.73. The van der Waals surface area contributed by atoms with Crippen LogP contribution in [0, 0.1) is 0 Å². The summed E-state index contributed by atoms with van der Waals surface area (Å²) in [5, 5.41) is 7.31. The van der Waals surface area contributed by atoms with E-state index in [2.05, 4.69) is 25.0 Å². The number of rotatable bonds is 4. The van der Waals surface area contributed by atoms with Crippen LogP contribution in [0.4, 0.5) is 5.69 Å². The lowest BCUT2D eigenvalue weighted by Crippen LogP contribution is -2.25. The van der Waals surface area contributed by atoms with Crippen molar-refractivity contribution in [1.29, 1.82) is 0 Å². The van der Waals surface area contributed by atoms with Crippen LogP contribution in [0.2, 0.25) is 0 Å². The number of amides is 1. The Labute approximate surface area is 117 Å². The molecule has 3 N–H and O–H groups in total. The predicted octanol–water partition coefficient (Wildman–Crippen LogP) is 1.23. The van der Waals surface area contributed by atoms with Crippen molar-refractivity contribution in [1.82, 2.24) is 20.4 Å². The number of carbonyl (C=O) groups is 1. The van der Waals surface area contributed by atoms with Crippen molar-refractivity contribution in [3.05, 3.63) is 35.6 Å². The molecule has 0 unspecified atom stereocenters. The third-order valence-corrected chi connectivity index (χ3v) is 3.93. The van der Waals surface area contributed by atoms with E-state index in [1.165, 1.54) is 17.7 Å². The number of nitrogens with two attached hydrogens (primary N) is 1. The fraction of sp³-hybridized carbons (Fsp3) is 0.167. The van der Waals surface area contributed by atoms with Crippen LogP contribution in [0.1, 0.15) is 15.5 Å². The van der Waals surface area contributed by atoms with Gasteiger partial charge in [0.05, 0.1) is 10.4 Å². The Bertz CT molecular complexity index is 737. The van der Waals surface area contributed by atoms with Crippen LogP contribution in [-0.4, -0.2) is 27.6 Å². The SMILES string of the molecule is Nc1c(C(=O)NCCc2ncon2)sc2cnccc12. The van der Waals surface area contributed by atoms with Gasteiger partial charge in [-0.3, -0.25) is 9.78 Å². The molecule has 8 heteroatoms. The van der Waals surface area contributed by atoms with E-state index in [1.54, 1.807) is 18.5 Å². The van der Waals surface area contributed by atoms with E-state index in [0.717, 1.165) is 10.1 Å². The number of anilines is 1. The summed E-state index contributed by atoms with van der Waals surface area (Å²) in [6.07, 6.45) is 5.12. The standard InChI is InChI=1S/C12H11N5O2S/c13-10-7-1-3-14-5-8(7)20-11(10)12(18)15-4-2-9-16-6-19-17-9/h1,3,5-6H,2,4,13H2,(H,15,18). The van der Waals surface area contributed by atoms with Gasteiger partial charge in [-0.05, 0) is 6.07 Å². The fourth-order valence-electron chi connectivity index (χ4n) is 1.81. The van der Waals surface area contributed by atoms with Gasteiger partial charge >= 0.3 is 0 Å². The molecule has 0 fully saturated rings. The van der Waals surface area contributed by atoms with Crippen LogP contribution in [-0.2, 0) is 6.42 Å². The zero-order chi connectivity index (χ0) is 13.9. The van der Waals surface area contributed by atoms with Crippen molar-refractivity contribution in [2.24, 2.45) is 0 Å². The second-order valence-electron chi connectivity index (χ2n) is 4.07. The Kier molecular flexibility index (Phi) is 3.30. The maximum Gasteiger partial charge on any atom is 0.263 e. The number of hydrogen-bond acceptors (Lipinski definition) is 7. The van der Waals surface area contributed by atoms with Crippen LogP contribution < -0.4 is 11.1 Å². The van der Waals surface area contributed by atoms with Gasteiger partial charge in [0, 0.05) is 30.7 Å². The van der Waals surface area contributed by atoms with E-state index in [4.69, 9.17) is 5.73 Å². The zero-order valence-corrected chi connectivity index (χ0v) is 11.2. The summed E-state index contributed by atoms with van der Waals surface area (Å²) in [6.45, 7) is 0.421. The van der Waals surface area contributed by atoms with Crippen LogP contribution in [0.3, 0.4) is 0 Å². The lowest BCUT2D eigenvalue weighted by molar-refractivity contribution is 0.0959. The van der Waals surface area contributed by atoms with Crippen LogP contribution in [0.15, 0.2) is 29.4 Å². The lowest BCUT2D eigenvalue weighted by atomic mass is 10.2. The molecule has 0 bridgehead atoms. The van der Waals surface area contributed by atoms with Gasteiger partial charge < -0.3 is 15.6 Å². The van der Waals surface area contributed by atoms with Gasteiger partial charge in [-0.2, -0.15) is 4.98 Å². The predicted molar refractivity (Wildman–Crippen MR) is 74.4 cm³/mol. The molecule has 3 aromatic heterocycles. The average Bonchev–Trinajstić information content (AvgIpc) is 3.08. The highest BCUT2D eigenvalue weighted by molar-refractivity contribution is 7.21. The molecular formula is C12H11N5O2S. The van der Waals surface area contributed by atoms with Crippen molar-refractivity contribution >= 4 is 33.0 Å². The van der Waals surface area contributed by atoms with Gasteiger partial charge in [0.2, 0.25) is 6.39 Å². The van der Waals surface area contributed by atoms with Gasteiger partial charge in [0.1, 0.15) is 4.88 Å². The highest BCUT2D eigenvalue weighted by Crippen LogP contribution is 2.32. The Morgan fingerprint density at radius 1 is 1.50 bits per heavy atom. The molecular weight excluding hydrogens is 278 g/mol. The fourth-order valence-corrected chi connectivity index (χ4v) is 2.82. The van der Waals surface area contributed by atoms with Crippen LogP contribution in [0.5, 0.6) is 0 Å². The maximum absolute atomic E-state index is 12.1. The number of carbonyl (C=O) groups excluding carboxylic acids is 1. The smallest absolute Gasteiger partial charge is 0.263 e. The highest BCUT2D eigenvalue weighted by Gasteiger charge is 2.16. The number of nitrogen functional groups attached to an aromatic ring is 1. The molecule has 0 saturated heterocycles. The van der Waals surface area contributed by atoms with E-state index in [0.29, 0.717) is 29.4 Å². The molecule has 1 amide bonds. The number of hydrogen-bond donors (Lipinski definition) is 2. The summed E-state index contributed by atoms with van der Waals surface area (Å²) in [7, 11) is 0. The molecule has 20 heavy (non-hydrogen) atoms. The molecule has 0 atom stereocenters. The third-order valence-electron chi connectivity index (χ3n) is 2.78. The first-order chi connectivity index (χ1) is 9.75. The molecule has 0 aliphatic carbocycles. The zero-order valence-electron chi connectivity index (χ0n) is 10.4. The van der Waals surface area contributed by atoms with E-state index in [1.807, 2.05) is 0 Å². The van der Waals surface area contributed by atoms with Crippen molar-refractivity contribution in [2.45, 2.75) is 6.42 Å². The molecule has 3 rings (SSSR count). The van der Waals surface area contributed by atoms with Crippen LogP contribution in [0.25, 0.3) is 10.1 Å². The van der Waals surface area contributed by atoms with Gasteiger partial charge in [-0.25, -0.2) is 0 Å². The summed E-state index contributed by atoms with van der Waals surface area (Å²) in [5.41, 5.74) is 6.48. The molecule has 102 valence electrons. The van der Waals surface area contributed by atoms with Crippen molar-refractivity contribution in [3.8, 4) is 0 Å². The Morgan fingerprint density at radius 3 is 3.15 bits per heavy atom. The summed E-state index contributed by atoms with van der Waals surface area (Å²) < 4.78 is 5.51. The Morgan fingerprint density at radius 2 is 2.40 bits per heavy atom.